The normalized spacial score (nSPS) is 47.5. The Bertz CT molecular complexity index is 752. The number of rotatable bonds is 1. The van der Waals surface area contributed by atoms with Gasteiger partial charge in [-0.25, -0.2) is 4.79 Å². The first-order valence-corrected chi connectivity index (χ1v) is 9.40. The van der Waals surface area contributed by atoms with E-state index in [0.717, 1.165) is 49.8 Å². The molecule has 5 nitrogen and oxygen atoms in total. The van der Waals surface area contributed by atoms with Crippen LogP contribution in [0.25, 0.3) is 0 Å². The highest BCUT2D eigenvalue weighted by Gasteiger charge is 2.69. The maximum absolute atomic E-state index is 12.3. The Kier molecular flexibility index (Phi) is 2.78. The molecule has 1 aromatic heterocycles. The number of furan rings is 1. The second kappa shape index (κ2) is 4.77. The first-order chi connectivity index (χ1) is 12.2. The lowest BCUT2D eigenvalue weighted by Gasteiger charge is -2.57. The van der Waals surface area contributed by atoms with Crippen LogP contribution in [-0.2, 0) is 19.0 Å². The average molecular weight is 342 g/mol. The molecule has 3 saturated heterocycles. The summed E-state index contributed by atoms with van der Waals surface area (Å²) >= 11 is 0. The third kappa shape index (κ3) is 1.69. The van der Waals surface area contributed by atoms with E-state index in [-0.39, 0.29) is 29.2 Å². The smallest absolute Gasteiger partial charge is 0.334 e. The van der Waals surface area contributed by atoms with Crippen molar-refractivity contribution in [1.29, 1.82) is 0 Å². The van der Waals surface area contributed by atoms with Crippen LogP contribution in [0, 0.1) is 22.7 Å². The van der Waals surface area contributed by atoms with E-state index in [1.165, 1.54) is 0 Å². The maximum atomic E-state index is 12.3. The SMILES string of the molecule is O=C1OCC23CCC4C5OCC4(CC(c4ccoc4)O5)C2CCC=C13. The van der Waals surface area contributed by atoms with E-state index in [4.69, 9.17) is 18.6 Å². The van der Waals surface area contributed by atoms with Crippen LogP contribution in [0.5, 0.6) is 0 Å². The third-order valence-corrected chi connectivity index (χ3v) is 7.65. The zero-order valence-electron chi connectivity index (χ0n) is 14.1. The lowest BCUT2D eigenvalue weighted by Crippen LogP contribution is -2.56. The van der Waals surface area contributed by atoms with E-state index >= 15 is 0 Å². The fourth-order valence-corrected chi connectivity index (χ4v) is 6.64. The van der Waals surface area contributed by atoms with Crippen LogP contribution in [-0.4, -0.2) is 25.5 Å². The summed E-state index contributed by atoms with van der Waals surface area (Å²) in [4.78, 5) is 12.3. The van der Waals surface area contributed by atoms with Crippen LogP contribution in [0.15, 0.2) is 34.7 Å². The van der Waals surface area contributed by atoms with Crippen LogP contribution >= 0.6 is 0 Å². The predicted octanol–water partition coefficient (Wildman–Crippen LogP) is 3.37. The molecule has 3 aliphatic heterocycles. The summed E-state index contributed by atoms with van der Waals surface area (Å²) in [6.07, 6.45) is 10.6. The van der Waals surface area contributed by atoms with Gasteiger partial charge in [0.1, 0.15) is 6.61 Å². The van der Waals surface area contributed by atoms with Gasteiger partial charge in [-0.1, -0.05) is 6.08 Å². The minimum Gasteiger partial charge on any atom is -0.472 e. The quantitative estimate of drug-likeness (QED) is 0.733. The lowest BCUT2D eigenvalue weighted by atomic mass is 9.46. The first-order valence-electron chi connectivity index (χ1n) is 9.40. The van der Waals surface area contributed by atoms with Crippen molar-refractivity contribution in [2.45, 2.75) is 44.5 Å². The zero-order valence-corrected chi connectivity index (χ0v) is 14.1. The summed E-state index contributed by atoms with van der Waals surface area (Å²) in [5.74, 6) is 0.781. The molecule has 4 fully saturated rings. The molecule has 1 aromatic rings. The maximum Gasteiger partial charge on any atom is 0.334 e. The van der Waals surface area contributed by atoms with E-state index in [0.29, 0.717) is 18.4 Å². The molecule has 6 unspecified atom stereocenters. The van der Waals surface area contributed by atoms with Crippen LogP contribution < -0.4 is 0 Å². The van der Waals surface area contributed by atoms with Crippen molar-refractivity contribution in [2.24, 2.45) is 22.7 Å². The number of hydrogen-bond acceptors (Lipinski definition) is 5. The van der Waals surface area contributed by atoms with Crippen molar-refractivity contribution in [3.8, 4) is 0 Å². The van der Waals surface area contributed by atoms with Gasteiger partial charge in [-0.2, -0.15) is 0 Å². The number of carbonyl (C=O) groups excluding carboxylic acids is 1. The molecule has 1 saturated carbocycles. The van der Waals surface area contributed by atoms with Gasteiger partial charge in [-0.05, 0) is 44.1 Å². The summed E-state index contributed by atoms with van der Waals surface area (Å²) in [7, 11) is 0. The van der Waals surface area contributed by atoms with Crippen LogP contribution in [0.4, 0.5) is 0 Å². The van der Waals surface area contributed by atoms with Gasteiger partial charge in [0, 0.05) is 27.9 Å². The van der Waals surface area contributed by atoms with Crippen LogP contribution in [0.1, 0.15) is 43.8 Å². The van der Waals surface area contributed by atoms with Gasteiger partial charge < -0.3 is 18.6 Å². The molecular formula is C20H22O5. The van der Waals surface area contributed by atoms with Crippen molar-refractivity contribution >= 4 is 5.97 Å². The first kappa shape index (κ1) is 14.6. The summed E-state index contributed by atoms with van der Waals surface area (Å²) in [6.45, 7) is 1.29. The molecule has 1 spiro atoms. The van der Waals surface area contributed by atoms with Gasteiger partial charge in [-0.15, -0.1) is 0 Å². The van der Waals surface area contributed by atoms with Crippen molar-refractivity contribution in [1.82, 2.24) is 0 Å². The Morgan fingerprint density at radius 2 is 2.16 bits per heavy atom. The fourth-order valence-electron chi connectivity index (χ4n) is 6.64. The van der Waals surface area contributed by atoms with E-state index in [2.05, 4.69) is 6.08 Å². The molecule has 5 heteroatoms. The van der Waals surface area contributed by atoms with Crippen molar-refractivity contribution in [3.05, 3.63) is 35.8 Å². The molecule has 2 aliphatic carbocycles. The van der Waals surface area contributed by atoms with E-state index < -0.39 is 0 Å². The summed E-state index contributed by atoms with van der Waals surface area (Å²) in [5.41, 5.74) is 2.03. The molecule has 0 N–H and O–H groups in total. The highest BCUT2D eigenvalue weighted by Crippen LogP contribution is 2.69. The average Bonchev–Trinajstić information content (AvgIpc) is 3.32. The second-order valence-electron chi connectivity index (χ2n) is 8.42. The number of ether oxygens (including phenoxy) is 3. The lowest BCUT2D eigenvalue weighted by molar-refractivity contribution is -0.208. The molecule has 132 valence electrons. The largest absolute Gasteiger partial charge is 0.472 e. The van der Waals surface area contributed by atoms with Crippen LogP contribution in [0.2, 0.25) is 0 Å². The topological polar surface area (TPSA) is 57.9 Å². The number of allylic oxidation sites excluding steroid dienone is 1. The van der Waals surface area contributed by atoms with Crippen molar-refractivity contribution in [3.63, 3.8) is 0 Å². The predicted molar refractivity (Wildman–Crippen MR) is 86.2 cm³/mol. The van der Waals surface area contributed by atoms with Gasteiger partial charge in [0.05, 0.1) is 25.2 Å². The van der Waals surface area contributed by atoms with Gasteiger partial charge in [0.25, 0.3) is 0 Å². The van der Waals surface area contributed by atoms with Gasteiger partial charge in [0.15, 0.2) is 6.29 Å². The summed E-state index contributed by atoms with van der Waals surface area (Å²) in [6, 6.07) is 1.99. The highest BCUT2D eigenvalue weighted by atomic mass is 16.7. The van der Waals surface area contributed by atoms with Gasteiger partial charge >= 0.3 is 5.97 Å². The van der Waals surface area contributed by atoms with E-state index in [1.807, 2.05) is 6.07 Å². The number of esters is 1. The standard InChI is InChI=1S/C20H22O5/c21-17-13-2-1-3-16-19(13,10-23-17)6-4-14-18-24-11-20(14,16)8-15(25-18)12-5-7-22-9-12/h2,5,7,9,14-16,18H,1,3-4,6,8,10-11H2. The van der Waals surface area contributed by atoms with Gasteiger partial charge in [-0.3, -0.25) is 0 Å². The molecule has 0 radical (unpaired) electrons. The minimum atomic E-state index is -0.127. The monoisotopic (exact) mass is 342 g/mol. The van der Waals surface area contributed by atoms with Crippen LogP contribution in [0.3, 0.4) is 0 Å². The number of carbonyl (C=O) groups is 1. The molecule has 25 heavy (non-hydrogen) atoms. The summed E-state index contributed by atoms with van der Waals surface area (Å²) < 4.78 is 23.3. The Balaban J connectivity index is 1.44. The highest BCUT2D eigenvalue weighted by molar-refractivity contribution is 5.92. The molecule has 2 bridgehead atoms. The summed E-state index contributed by atoms with van der Waals surface area (Å²) in [5, 5.41) is 0. The zero-order chi connectivity index (χ0) is 16.6. The molecule has 0 aromatic carbocycles. The van der Waals surface area contributed by atoms with E-state index in [1.54, 1.807) is 12.5 Å². The van der Waals surface area contributed by atoms with E-state index in [9.17, 15) is 4.79 Å². The molecule has 6 atom stereocenters. The van der Waals surface area contributed by atoms with Gasteiger partial charge in [0.2, 0.25) is 0 Å². The molecule has 0 amide bonds. The minimum absolute atomic E-state index is 0.0185. The Morgan fingerprint density at radius 3 is 3.04 bits per heavy atom. The van der Waals surface area contributed by atoms with Crippen molar-refractivity contribution < 1.29 is 23.4 Å². The second-order valence-corrected chi connectivity index (χ2v) is 8.42. The fraction of sp³-hybridized carbons (Fsp3) is 0.650. The molecule has 5 aliphatic rings. The number of hydrogen-bond donors (Lipinski definition) is 0. The number of cyclic esters (lactones) is 1. The third-order valence-electron chi connectivity index (χ3n) is 7.65. The molecule has 4 heterocycles. The van der Waals surface area contributed by atoms with Crippen molar-refractivity contribution in [2.75, 3.05) is 13.2 Å². The Hall–Kier alpha value is -1.59. The molecule has 6 rings (SSSR count). The molecular weight excluding hydrogens is 320 g/mol. The Labute approximate surface area is 146 Å². The Morgan fingerprint density at radius 1 is 1.20 bits per heavy atom.